The number of fused-ring (bicyclic) bond motifs is 1. The highest BCUT2D eigenvalue weighted by Gasteiger charge is 2.34. The summed E-state index contributed by atoms with van der Waals surface area (Å²) in [6.45, 7) is -0.721. The Balaban J connectivity index is 1.34. The van der Waals surface area contributed by atoms with Crippen LogP contribution < -0.4 is 5.76 Å². The van der Waals surface area contributed by atoms with E-state index in [0.29, 0.717) is 16.7 Å². The second-order valence-corrected chi connectivity index (χ2v) is 6.22. The van der Waals surface area contributed by atoms with Crippen molar-refractivity contribution in [1.82, 2.24) is 14.7 Å². The lowest BCUT2D eigenvalue weighted by molar-refractivity contribution is -0.144. The second kappa shape index (κ2) is 7.55. The number of amides is 2. The summed E-state index contributed by atoms with van der Waals surface area (Å²) in [5, 5.41) is 3.97. The molecule has 1 aliphatic heterocycles. The van der Waals surface area contributed by atoms with Gasteiger partial charge in [0.15, 0.2) is 0 Å². The fourth-order valence-corrected chi connectivity index (χ4v) is 2.96. The molecule has 2 aromatic carbocycles. The SMILES string of the molecule is O=C(Cn1nc(-c2ccccc2)oc1=O)OCCN1C(=O)c2ccccc2C1=O. The molecule has 9 heteroatoms. The number of rotatable bonds is 6. The first kappa shape index (κ1) is 18.4. The van der Waals surface area contributed by atoms with Crippen LogP contribution in [-0.4, -0.2) is 45.6 Å². The van der Waals surface area contributed by atoms with E-state index in [1.807, 2.05) is 6.07 Å². The third-order valence-corrected chi connectivity index (χ3v) is 4.36. The Morgan fingerprint density at radius 2 is 1.55 bits per heavy atom. The molecule has 1 aromatic heterocycles. The van der Waals surface area contributed by atoms with Gasteiger partial charge in [0, 0.05) is 5.56 Å². The van der Waals surface area contributed by atoms with Crippen molar-refractivity contribution in [1.29, 1.82) is 0 Å². The van der Waals surface area contributed by atoms with Crippen molar-refractivity contribution in [3.8, 4) is 11.5 Å². The minimum atomic E-state index is -0.791. The molecule has 0 spiro atoms. The number of hydrogen-bond donors (Lipinski definition) is 0. The Labute approximate surface area is 164 Å². The molecular formula is C20H15N3O6. The number of esters is 1. The molecule has 1 aliphatic rings. The van der Waals surface area contributed by atoms with Gasteiger partial charge in [0.25, 0.3) is 11.8 Å². The average Bonchev–Trinajstić information content (AvgIpc) is 3.21. The molecule has 0 atom stereocenters. The maximum atomic E-state index is 12.3. The van der Waals surface area contributed by atoms with E-state index in [2.05, 4.69) is 5.10 Å². The molecule has 0 N–H and O–H groups in total. The summed E-state index contributed by atoms with van der Waals surface area (Å²) in [4.78, 5) is 49.4. The van der Waals surface area contributed by atoms with Gasteiger partial charge < -0.3 is 9.15 Å². The molecule has 146 valence electrons. The van der Waals surface area contributed by atoms with E-state index < -0.39 is 30.1 Å². The monoisotopic (exact) mass is 393 g/mol. The molecule has 0 fully saturated rings. The first-order valence-electron chi connectivity index (χ1n) is 8.79. The highest BCUT2D eigenvalue weighted by molar-refractivity contribution is 6.21. The molecule has 9 nitrogen and oxygen atoms in total. The summed E-state index contributed by atoms with van der Waals surface area (Å²) >= 11 is 0. The molecule has 0 radical (unpaired) electrons. The average molecular weight is 393 g/mol. The van der Waals surface area contributed by atoms with Crippen molar-refractivity contribution in [3.05, 3.63) is 76.3 Å². The lowest BCUT2D eigenvalue weighted by atomic mass is 10.1. The molecule has 29 heavy (non-hydrogen) atoms. The van der Waals surface area contributed by atoms with Crippen LogP contribution in [0, 0.1) is 0 Å². The molecule has 2 amide bonds. The molecule has 0 aliphatic carbocycles. The fourth-order valence-electron chi connectivity index (χ4n) is 2.96. The summed E-state index contributed by atoms with van der Waals surface area (Å²) in [7, 11) is 0. The van der Waals surface area contributed by atoms with Gasteiger partial charge in [-0.1, -0.05) is 30.3 Å². The van der Waals surface area contributed by atoms with E-state index >= 15 is 0 Å². The smallest absolute Gasteiger partial charge is 0.437 e. The van der Waals surface area contributed by atoms with Gasteiger partial charge in [-0.05, 0) is 24.3 Å². The van der Waals surface area contributed by atoms with Crippen LogP contribution in [-0.2, 0) is 16.1 Å². The Morgan fingerprint density at radius 1 is 0.931 bits per heavy atom. The third kappa shape index (κ3) is 3.57. The van der Waals surface area contributed by atoms with E-state index in [4.69, 9.17) is 9.15 Å². The number of aromatic nitrogens is 2. The van der Waals surface area contributed by atoms with E-state index in [1.54, 1.807) is 48.5 Å². The van der Waals surface area contributed by atoms with Gasteiger partial charge in [-0.3, -0.25) is 19.3 Å². The van der Waals surface area contributed by atoms with Crippen molar-refractivity contribution < 1.29 is 23.5 Å². The van der Waals surface area contributed by atoms with Crippen molar-refractivity contribution in [2.24, 2.45) is 0 Å². The van der Waals surface area contributed by atoms with Gasteiger partial charge in [0.05, 0.1) is 17.7 Å². The van der Waals surface area contributed by atoms with E-state index in [-0.39, 0.29) is 19.0 Å². The van der Waals surface area contributed by atoms with Crippen LogP contribution in [0.3, 0.4) is 0 Å². The van der Waals surface area contributed by atoms with Crippen molar-refractivity contribution in [2.75, 3.05) is 13.2 Å². The molecule has 0 bridgehead atoms. The lowest BCUT2D eigenvalue weighted by Gasteiger charge is -2.13. The Bertz CT molecular complexity index is 1110. The number of carbonyl (C=O) groups excluding carboxylic acids is 3. The predicted octanol–water partition coefficient (Wildman–Crippen LogP) is 1.34. The standard InChI is InChI=1S/C20H15N3O6/c24-16(12-23-20(27)29-17(21-23)13-6-2-1-3-7-13)28-11-10-22-18(25)14-8-4-5-9-15(14)19(22)26/h1-9H,10-12H2. The highest BCUT2D eigenvalue weighted by atomic mass is 16.5. The molecule has 0 saturated heterocycles. The van der Waals surface area contributed by atoms with Gasteiger partial charge in [0.2, 0.25) is 5.89 Å². The topological polar surface area (TPSA) is 112 Å². The fraction of sp³-hybridized carbons (Fsp3) is 0.150. The van der Waals surface area contributed by atoms with Crippen molar-refractivity contribution >= 4 is 17.8 Å². The van der Waals surface area contributed by atoms with E-state index in [9.17, 15) is 19.2 Å². The number of imide groups is 1. The van der Waals surface area contributed by atoms with Gasteiger partial charge in [-0.15, -0.1) is 5.10 Å². The van der Waals surface area contributed by atoms with Gasteiger partial charge in [-0.25, -0.2) is 4.79 Å². The van der Waals surface area contributed by atoms with Crippen LogP contribution >= 0.6 is 0 Å². The summed E-state index contributed by atoms with van der Waals surface area (Å²) < 4.78 is 10.9. The maximum Gasteiger partial charge on any atom is 0.437 e. The van der Waals surface area contributed by atoms with Crippen LogP contribution in [0.1, 0.15) is 20.7 Å². The number of hydrogen-bond acceptors (Lipinski definition) is 7. The summed E-state index contributed by atoms with van der Waals surface area (Å²) in [6, 6.07) is 15.3. The molecule has 3 aromatic rings. The number of benzene rings is 2. The van der Waals surface area contributed by atoms with Crippen LogP contribution in [0.5, 0.6) is 0 Å². The molecule has 0 saturated carbocycles. The Hall–Kier alpha value is -4.01. The molecule has 2 heterocycles. The maximum absolute atomic E-state index is 12.3. The lowest BCUT2D eigenvalue weighted by Crippen LogP contribution is -2.34. The Morgan fingerprint density at radius 3 is 2.21 bits per heavy atom. The second-order valence-electron chi connectivity index (χ2n) is 6.22. The molecular weight excluding hydrogens is 378 g/mol. The van der Waals surface area contributed by atoms with Crippen molar-refractivity contribution in [2.45, 2.75) is 6.54 Å². The van der Waals surface area contributed by atoms with Crippen LogP contribution in [0.15, 0.2) is 63.8 Å². The third-order valence-electron chi connectivity index (χ3n) is 4.36. The molecule has 4 rings (SSSR count). The minimum absolute atomic E-state index is 0.0823. The van der Waals surface area contributed by atoms with Crippen molar-refractivity contribution in [3.63, 3.8) is 0 Å². The molecule has 0 unspecified atom stereocenters. The summed E-state index contributed by atoms with van der Waals surface area (Å²) in [6.07, 6.45) is 0. The first-order valence-corrected chi connectivity index (χ1v) is 8.79. The van der Waals surface area contributed by atoms with Gasteiger partial charge in [-0.2, -0.15) is 4.68 Å². The largest absolute Gasteiger partial charge is 0.462 e. The zero-order valence-electron chi connectivity index (χ0n) is 15.1. The zero-order valence-corrected chi connectivity index (χ0v) is 15.1. The van der Waals surface area contributed by atoms with Crippen LogP contribution in [0.25, 0.3) is 11.5 Å². The zero-order chi connectivity index (χ0) is 20.4. The van der Waals surface area contributed by atoms with Crippen LogP contribution in [0.4, 0.5) is 0 Å². The van der Waals surface area contributed by atoms with E-state index in [0.717, 1.165) is 9.58 Å². The quantitative estimate of drug-likeness (QED) is 0.459. The number of nitrogens with zero attached hydrogens (tertiary/aromatic N) is 3. The van der Waals surface area contributed by atoms with Crippen LogP contribution in [0.2, 0.25) is 0 Å². The summed E-state index contributed by atoms with van der Waals surface area (Å²) in [5.74, 6) is -2.30. The minimum Gasteiger partial charge on any atom is -0.462 e. The first-order chi connectivity index (χ1) is 14.0. The van der Waals surface area contributed by atoms with Gasteiger partial charge in [0.1, 0.15) is 13.2 Å². The predicted molar refractivity (Wildman–Crippen MR) is 99.0 cm³/mol. The number of carbonyl (C=O) groups is 3. The Kier molecular flexibility index (Phi) is 4.78. The van der Waals surface area contributed by atoms with E-state index in [1.165, 1.54) is 0 Å². The van der Waals surface area contributed by atoms with Gasteiger partial charge >= 0.3 is 11.7 Å². The summed E-state index contributed by atoms with van der Waals surface area (Å²) in [5.41, 5.74) is 1.25. The number of ether oxygens (including phenoxy) is 1. The normalized spacial score (nSPS) is 12.9. The highest BCUT2D eigenvalue weighted by Crippen LogP contribution is 2.21.